The van der Waals surface area contributed by atoms with E-state index >= 15 is 0 Å². The lowest BCUT2D eigenvalue weighted by molar-refractivity contribution is -0.384. The topological polar surface area (TPSA) is 117 Å². The molecule has 0 unspecified atom stereocenters. The second-order valence-electron chi connectivity index (χ2n) is 6.37. The molecule has 0 amide bonds. The summed E-state index contributed by atoms with van der Waals surface area (Å²) >= 11 is 0. The number of nitro benzene ring substituents is 1. The van der Waals surface area contributed by atoms with E-state index in [9.17, 15) is 19.7 Å². The molecular weight excluding hydrogens is 390 g/mol. The molecule has 0 saturated carbocycles. The minimum absolute atomic E-state index is 0.0465. The fourth-order valence-electron chi connectivity index (χ4n) is 3.07. The Morgan fingerprint density at radius 2 is 1.90 bits per heavy atom. The maximum absolute atomic E-state index is 12.3. The summed E-state index contributed by atoms with van der Waals surface area (Å²) in [7, 11) is 0. The Morgan fingerprint density at radius 1 is 1.13 bits per heavy atom. The number of hydrogen-bond acceptors (Lipinski definition) is 7. The molecule has 0 spiro atoms. The van der Waals surface area contributed by atoms with Crippen LogP contribution in [0.4, 0.5) is 5.69 Å². The van der Waals surface area contributed by atoms with Crippen molar-refractivity contribution in [3.05, 3.63) is 91.8 Å². The molecule has 150 valence electrons. The van der Waals surface area contributed by atoms with E-state index in [-0.39, 0.29) is 28.5 Å². The number of aryl methyl sites for hydroxylation is 1. The number of nitro groups is 1. The summed E-state index contributed by atoms with van der Waals surface area (Å²) in [6, 6.07) is 12.0. The van der Waals surface area contributed by atoms with Crippen LogP contribution >= 0.6 is 0 Å². The van der Waals surface area contributed by atoms with Crippen molar-refractivity contribution in [2.75, 3.05) is 0 Å². The van der Waals surface area contributed by atoms with Crippen molar-refractivity contribution >= 4 is 16.7 Å². The SMILES string of the molecule is CCn1ccnc(Oc2ccc3c(-c4ccc([N+](=O)[O-])cc4)cc(=O)oc3c2)c1=O. The molecule has 30 heavy (non-hydrogen) atoms. The molecule has 2 aromatic carbocycles. The number of fused-ring (bicyclic) bond motifs is 1. The van der Waals surface area contributed by atoms with Gasteiger partial charge in [-0.05, 0) is 42.3 Å². The zero-order valence-electron chi connectivity index (χ0n) is 15.8. The Kier molecular flexibility index (Phi) is 4.85. The lowest BCUT2D eigenvalue weighted by atomic mass is 10.0. The number of rotatable bonds is 5. The van der Waals surface area contributed by atoms with Crippen molar-refractivity contribution in [2.45, 2.75) is 13.5 Å². The van der Waals surface area contributed by atoms with Crippen molar-refractivity contribution in [2.24, 2.45) is 0 Å². The quantitative estimate of drug-likeness (QED) is 0.282. The minimum Gasteiger partial charge on any atom is -0.435 e. The van der Waals surface area contributed by atoms with Gasteiger partial charge in [0.15, 0.2) is 0 Å². The summed E-state index contributed by atoms with van der Waals surface area (Å²) < 4.78 is 12.4. The number of nitrogens with zero attached hydrogens (tertiary/aromatic N) is 3. The molecule has 0 N–H and O–H groups in total. The van der Waals surface area contributed by atoms with Crippen molar-refractivity contribution in [3.63, 3.8) is 0 Å². The van der Waals surface area contributed by atoms with Gasteiger partial charge in [0.2, 0.25) is 0 Å². The van der Waals surface area contributed by atoms with E-state index in [1.54, 1.807) is 30.5 Å². The van der Waals surface area contributed by atoms with Gasteiger partial charge in [-0.3, -0.25) is 14.9 Å². The summed E-state index contributed by atoms with van der Waals surface area (Å²) in [5.41, 5.74) is 0.437. The summed E-state index contributed by atoms with van der Waals surface area (Å²) in [6.07, 6.45) is 3.03. The van der Waals surface area contributed by atoms with E-state index in [0.717, 1.165) is 0 Å². The third-order valence-corrected chi connectivity index (χ3v) is 4.54. The van der Waals surface area contributed by atoms with Gasteiger partial charge in [-0.15, -0.1) is 0 Å². The van der Waals surface area contributed by atoms with E-state index in [2.05, 4.69) is 4.98 Å². The van der Waals surface area contributed by atoms with Crippen LogP contribution in [0.3, 0.4) is 0 Å². The highest BCUT2D eigenvalue weighted by atomic mass is 16.6. The molecular formula is C21H15N3O6. The first-order valence-corrected chi connectivity index (χ1v) is 9.02. The van der Waals surface area contributed by atoms with Crippen molar-refractivity contribution in [1.29, 1.82) is 0 Å². The van der Waals surface area contributed by atoms with Gasteiger partial charge in [0, 0.05) is 48.6 Å². The summed E-state index contributed by atoms with van der Waals surface area (Å²) in [5, 5.41) is 11.5. The molecule has 0 aliphatic heterocycles. The maximum Gasteiger partial charge on any atom is 0.336 e. The van der Waals surface area contributed by atoms with Gasteiger partial charge in [0.25, 0.3) is 11.6 Å². The van der Waals surface area contributed by atoms with Gasteiger partial charge < -0.3 is 13.7 Å². The number of hydrogen-bond donors (Lipinski definition) is 0. The van der Waals surface area contributed by atoms with Crippen molar-refractivity contribution < 1.29 is 14.1 Å². The lowest BCUT2D eigenvalue weighted by Crippen LogP contribution is -2.20. The highest BCUT2D eigenvalue weighted by Crippen LogP contribution is 2.31. The Morgan fingerprint density at radius 3 is 2.60 bits per heavy atom. The van der Waals surface area contributed by atoms with Gasteiger partial charge in [-0.1, -0.05) is 0 Å². The third kappa shape index (κ3) is 3.55. The fraction of sp³-hybridized carbons (Fsp3) is 0.0952. The van der Waals surface area contributed by atoms with E-state index in [0.29, 0.717) is 23.1 Å². The molecule has 0 bridgehead atoms. The molecule has 0 radical (unpaired) electrons. The third-order valence-electron chi connectivity index (χ3n) is 4.54. The predicted octanol–water partition coefficient (Wildman–Crippen LogP) is 3.74. The van der Waals surface area contributed by atoms with Crippen LogP contribution in [-0.2, 0) is 6.54 Å². The van der Waals surface area contributed by atoms with Crippen LogP contribution < -0.4 is 15.9 Å². The monoisotopic (exact) mass is 405 g/mol. The first-order chi connectivity index (χ1) is 14.5. The van der Waals surface area contributed by atoms with Crippen LogP contribution in [0.15, 0.2) is 74.9 Å². The largest absolute Gasteiger partial charge is 0.435 e. The van der Waals surface area contributed by atoms with Crippen molar-refractivity contribution in [1.82, 2.24) is 9.55 Å². The molecule has 0 saturated heterocycles. The average molecular weight is 405 g/mol. The second kappa shape index (κ2) is 7.63. The molecule has 0 fully saturated rings. The molecule has 4 rings (SSSR count). The number of benzene rings is 2. The van der Waals surface area contributed by atoms with E-state index in [1.165, 1.54) is 35.0 Å². The highest BCUT2D eigenvalue weighted by Gasteiger charge is 2.13. The molecule has 9 nitrogen and oxygen atoms in total. The van der Waals surface area contributed by atoms with Crippen LogP contribution in [-0.4, -0.2) is 14.5 Å². The molecule has 2 heterocycles. The van der Waals surface area contributed by atoms with Crippen LogP contribution in [0.1, 0.15) is 6.92 Å². The summed E-state index contributed by atoms with van der Waals surface area (Å²) in [4.78, 5) is 38.7. The Hall–Kier alpha value is -4.27. The van der Waals surface area contributed by atoms with Crippen LogP contribution in [0.2, 0.25) is 0 Å². The first-order valence-electron chi connectivity index (χ1n) is 9.02. The fourth-order valence-corrected chi connectivity index (χ4v) is 3.07. The first kappa shape index (κ1) is 19.1. The van der Waals surface area contributed by atoms with Crippen LogP contribution in [0.25, 0.3) is 22.1 Å². The van der Waals surface area contributed by atoms with Gasteiger partial charge in [-0.25, -0.2) is 9.78 Å². The average Bonchev–Trinajstić information content (AvgIpc) is 2.74. The number of ether oxygens (including phenoxy) is 1. The standard InChI is InChI=1S/C21H15N3O6/c1-2-23-10-9-22-20(21(23)26)29-15-7-8-16-17(12-19(25)30-18(16)11-15)13-3-5-14(6-4-13)24(27)28/h3-12H,2H2,1H3. The highest BCUT2D eigenvalue weighted by molar-refractivity contribution is 5.93. The van der Waals surface area contributed by atoms with Crippen LogP contribution in [0.5, 0.6) is 11.6 Å². The molecule has 0 atom stereocenters. The predicted molar refractivity (Wildman–Crippen MR) is 109 cm³/mol. The van der Waals surface area contributed by atoms with Gasteiger partial charge in [0.1, 0.15) is 11.3 Å². The van der Waals surface area contributed by atoms with E-state index < -0.39 is 10.5 Å². The van der Waals surface area contributed by atoms with Crippen LogP contribution in [0, 0.1) is 10.1 Å². The Labute approximate surface area is 169 Å². The molecule has 0 aliphatic rings. The van der Waals surface area contributed by atoms with E-state index in [1.807, 2.05) is 6.92 Å². The zero-order valence-corrected chi connectivity index (χ0v) is 15.8. The maximum atomic E-state index is 12.3. The lowest BCUT2D eigenvalue weighted by Gasteiger charge is -2.09. The Bertz CT molecular complexity index is 1370. The number of non-ortho nitro benzene ring substituents is 1. The van der Waals surface area contributed by atoms with Gasteiger partial charge in [-0.2, -0.15) is 0 Å². The van der Waals surface area contributed by atoms with Gasteiger partial charge >= 0.3 is 11.2 Å². The summed E-state index contributed by atoms with van der Waals surface area (Å²) in [5.74, 6) is 0.192. The molecule has 9 heteroatoms. The normalized spacial score (nSPS) is 10.8. The molecule has 0 aliphatic carbocycles. The van der Waals surface area contributed by atoms with Gasteiger partial charge in [0.05, 0.1) is 4.92 Å². The zero-order chi connectivity index (χ0) is 21.3. The Balaban J connectivity index is 1.77. The van der Waals surface area contributed by atoms with Crippen molar-refractivity contribution in [3.8, 4) is 22.8 Å². The summed E-state index contributed by atoms with van der Waals surface area (Å²) in [6.45, 7) is 2.30. The smallest absolute Gasteiger partial charge is 0.336 e. The van der Waals surface area contributed by atoms with E-state index in [4.69, 9.17) is 9.15 Å². The minimum atomic E-state index is -0.584. The number of aromatic nitrogens is 2. The molecule has 4 aromatic rings. The molecule has 2 aromatic heterocycles. The second-order valence-corrected chi connectivity index (χ2v) is 6.37.